The summed E-state index contributed by atoms with van der Waals surface area (Å²) in [4.78, 5) is 0. The van der Waals surface area contributed by atoms with Gasteiger partial charge in [-0.1, -0.05) is 146 Å². The van der Waals surface area contributed by atoms with Gasteiger partial charge < -0.3 is 10.6 Å². The molecule has 0 heterocycles. The molecule has 1 aliphatic rings. The summed E-state index contributed by atoms with van der Waals surface area (Å²) in [6.07, 6.45) is 21.1. The Morgan fingerprint density at radius 2 is 1.79 bits per heavy atom. The Balaban J connectivity index is 0.00000118. The lowest BCUT2D eigenvalue weighted by atomic mass is 9.72. The van der Waals surface area contributed by atoms with Gasteiger partial charge in [0, 0.05) is 30.6 Å². The second-order valence-electron chi connectivity index (χ2n) is 12.0. The van der Waals surface area contributed by atoms with Crippen molar-refractivity contribution in [3.05, 3.63) is 95.6 Å². The number of allylic oxidation sites excluding steroid dienone is 7. The molecule has 0 radical (unpaired) electrons. The number of rotatable bonds is 17. The summed E-state index contributed by atoms with van der Waals surface area (Å²) in [7, 11) is 0. The highest BCUT2D eigenvalue weighted by Crippen LogP contribution is 2.44. The first-order chi connectivity index (χ1) is 20.2. The number of nitrogens with one attached hydrogen (secondary N) is 2. The second-order valence-corrected chi connectivity index (χ2v) is 13.3. The number of hydrogen-bond acceptors (Lipinski definition) is 3. The zero-order valence-electron chi connectivity index (χ0n) is 28.9. The van der Waals surface area contributed by atoms with Crippen LogP contribution in [-0.4, -0.2) is 30.6 Å². The standard InChI is InChI=1S/C28H41NS.C9H19N.C2H6/c1-22(2)11-10-12-23(3)15-16-26-24(4)27(17-18-28(26,5)6)30-20-19-29-21-25-13-8-7-9-14-25;1-3-5-6-7-9-10-8-4-2;1-2/h7-16,22,27,29H,17-21H2,1-6H3;4,10H,2-3,5-9H2,1H3;1-2H3/b11-10+,16-15+,23-12+;;. The van der Waals surface area contributed by atoms with Crippen molar-refractivity contribution >= 4 is 11.8 Å². The van der Waals surface area contributed by atoms with Gasteiger partial charge in [0.25, 0.3) is 0 Å². The van der Waals surface area contributed by atoms with Gasteiger partial charge in [0.05, 0.1) is 0 Å². The van der Waals surface area contributed by atoms with Crippen LogP contribution in [0.2, 0.25) is 0 Å². The maximum atomic E-state index is 3.63. The average molecular weight is 595 g/mol. The van der Waals surface area contributed by atoms with Gasteiger partial charge in [-0.05, 0) is 62.1 Å². The molecule has 0 aromatic heterocycles. The lowest BCUT2D eigenvalue weighted by molar-refractivity contribution is 0.380. The molecule has 2 nitrogen and oxygen atoms in total. The molecule has 3 heteroatoms. The van der Waals surface area contributed by atoms with Crippen LogP contribution in [0.1, 0.15) is 106 Å². The van der Waals surface area contributed by atoms with Crippen molar-refractivity contribution in [2.24, 2.45) is 11.3 Å². The van der Waals surface area contributed by atoms with E-state index in [4.69, 9.17) is 0 Å². The highest BCUT2D eigenvalue weighted by atomic mass is 32.2. The van der Waals surface area contributed by atoms with Gasteiger partial charge in [-0.15, -0.1) is 6.58 Å². The molecule has 0 spiro atoms. The highest BCUT2D eigenvalue weighted by molar-refractivity contribution is 8.00. The van der Waals surface area contributed by atoms with E-state index in [9.17, 15) is 0 Å². The maximum absolute atomic E-state index is 3.63. The van der Waals surface area contributed by atoms with Crippen LogP contribution >= 0.6 is 11.8 Å². The first-order valence-electron chi connectivity index (χ1n) is 16.6. The van der Waals surface area contributed by atoms with E-state index < -0.39 is 0 Å². The fourth-order valence-corrected chi connectivity index (χ4v) is 6.01. The molecule has 0 fully saturated rings. The van der Waals surface area contributed by atoms with Gasteiger partial charge in [0.1, 0.15) is 0 Å². The Morgan fingerprint density at radius 1 is 1.07 bits per heavy atom. The number of benzene rings is 1. The molecule has 0 bridgehead atoms. The van der Waals surface area contributed by atoms with Crippen molar-refractivity contribution < 1.29 is 0 Å². The van der Waals surface area contributed by atoms with Crippen LogP contribution in [0, 0.1) is 11.3 Å². The minimum Gasteiger partial charge on any atom is -0.313 e. The van der Waals surface area contributed by atoms with E-state index in [1.54, 1.807) is 5.57 Å². The molecule has 238 valence electrons. The van der Waals surface area contributed by atoms with Crippen LogP contribution in [-0.2, 0) is 6.54 Å². The molecule has 0 saturated carbocycles. The van der Waals surface area contributed by atoms with E-state index in [1.165, 1.54) is 55.2 Å². The van der Waals surface area contributed by atoms with Crippen LogP contribution in [0.4, 0.5) is 0 Å². The summed E-state index contributed by atoms with van der Waals surface area (Å²) < 4.78 is 0. The summed E-state index contributed by atoms with van der Waals surface area (Å²) >= 11 is 2.12. The zero-order valence-corrected chi connectivity index (χ0v) is 29.7. The van der Waals surface area contributed by atoms with Crippen LogP contribution < -0.4 is 10.6 Å². The predicted octanol–water partition coefficient (Wildman–Crippen LogP) is 11.1. The van der Waals surface area contributed by atoms with Crippen molar-refractivity contribution in [3.8, 4) is 0 Å². The van der Waals surface area contributed by atoms with Crippen molar-refractivity contribution in [1.29, 1.82) is 0 Å². The summed E-state index contributed by atoms with van der Waals surface area (Å²) in [5.74, 6) is 1.76. The molecule has 1 aromatic carbocycles. The van der Waals surface area contributed by atoms with E-state index >= 15 is 0 Å². The fraction of sp³-hybridized carbons (Fsp3) is 0.590. The molecule has 2 N–H and O–H groups in total. The average Bonchev–Trinajstić information content (AvgIpc) is 2.97. The van der Waals surface area contributed by atoms with Gasteiger partial charge in [-0.3, -0.25) is 0 Å². The highest BCUT2D eigenvalue weighted by Gasteiger charge is 2.31. The minimum atomic E-state index is 0.261. The Kier molecular flexibility index (Phi) is 24.6. The molecular formula is C39H66N2S. The Labute approximate surface area is 266 Å². The van der Waals surface area contributed by atoms with Crippen molar-refractivity contribution in [3.63, 3.8) is 0 Å². The van der Waals surface area contributed by atoms with Crippen molar-refractivity contribution in [2.75, 3.05) is 25.4 Å². The molecule has 0 saturated heterocycles. The van der Waals surface area contributed by atoms with Crippen LogP contribution in [0.5, 0.6) is 0 Å². The third-order valence-corrected chi connectivity index (χ3v) is 8.73. The van der Waals surface area contributed by atoms with E-state index in [1.807, 2.05) is 19.9 Å². The summed E-state index contributed by atoms with van der Waals surface area (Å²) in [6.45, 7) is 27.7. The molecule has 0 aliphatic heterocycles. The fourth-order valence-electron chi connectivity index (χ4n) is 4.80. The maximum Gasteiger partial charge on any atom is 0.0260 e. The SMILES string of the molecule is C=CCNCCCCCC.CC.CC1=C(/C=C/C(C)=C/C=C/C(C)C)C(C)(C)CCC1SCCNCc1ccccc1. The second kappa shape index (κ2) is 25.7. The Bertz CT molecular complexity index is 921. The Morgan fingerprint density at radius 3 is 2.43 bits per heavy atom. The van der Waals surface area contributed by atoms with Gasteiger partial charge in [0.2, 0.25) is 0 Å². The van der Waals surface area contributed by atoms with Crippen LogP contribution in [0.3, 0.4) is 0 Å². The summed E-state index contributed by atoms with van der Waals surface area (Å²) in [6, 6.07) is 10.7. The topological polar surface area (TPSA) is 24.1 Å². The lowest BCUT2D eigenvalue weighted by Crippen LogP contribution is -2.27. The van der Waals surface area contributed by atoms with Gasteiger partial charge in [-0.25, -0.2) is 0 Å². The molecule has 1 atom stereocenters. The zero-order chi connectivity index (χ0) is 31.6. The number of unbranched alkanes of at least 4 members (excludes halogenated alkanes) is 3. The monoisotopic (exact) mass is 594 g/mol. The van der Waals surface area contributed by atoms with E-state index in [2.05, 4.69) is 138 Å². The number of thioether (sulfide) groups is 1. The molecule has 0 amide bonds. The molecule has 1 aromatic rings. The molecular weight excluding hydrogens is 529 g/mol. The van der Waals surface area contributed by atoms with E-state index in [0.29, 0.717) is 11.2 Å². The molecule has 42 heavy (non-hydrogen) atoms. The predicted molar refractivity (Wildman–Crippen MR) is 196 cm³/mol. The van der Waals surface area contributed by atoms with E-state index in [0.717, 1.165) is 31.9 Å². The van der Waals surface area contributed by atoms with Crippen LogP contribution in [0.15, 0.2) is 90.1 Å². The van der Waals surface area contributed by atoms with Crippen molar-refractivity contribution in [2.45, 2.75) is 113 Å². The minimum absolute atomic E-state index is 0.261. The quantitative estimate of drug-likeness (QED) is 0.107. The first-order valence-corrected chi connectivity index (χ1v) is 17.7. The van der Waals surface area contributed by atoms with Crippen LogP contribution in [0.25, 0.3) is 0 Å². The molecule has 2 rings (SSSR count). The normalized spacial score (nSPS) is 16.8. The third-order valence-electron chi connectivity index (χ3n) is 7.30. The largest absolute Gasteiger partial charge is 0.313 e. The smallest absolute Gasteiger partial charge is 0.0260 e. The number of hydrogen-bond donors (Lipinski definition) is 2. The molecule has 1 aliphatic carbocycles. The van der Waals surface area contributed by atoms with Gasteiger partial charge in [0.15, 0.2) is 0 Å². The first kappa shape index (κ1) is 40.2. The van der Waals surface area contributed by atoms with Gasteiger partial charge in [-0.2, -0.15) is 11.8 Å². The van der Waals surface area contributed by atoms with Gasteiger partial charge >= 0.3 is 0 Å². The van der Waals surface area contributed by atoms with Crippen molar-refractivity contribution in [1.82, 2.24) is 10.6 Å². The summed E-state index contributed by atoms with van der Waals surface area (Å²) in [5.41, 5.74) is 6.03. The lowest BCUT2D eigenvalue weighted by Gasteiger charge is -2.37. The molecule has 1 unspecified atom stereocenters. The summed E-state index contributed by atoms with van der Waals surface area (Å²) in [5, 5.41) is 7.50. The Hall–Kier alpha value is -1.81. The third kappa shape index (κ3) is 19.4. The van der Waals surface area contributed by atoms with E-state index in [-0.39, 0.29) is 5.41 Å².